The molecule has 1 aromatic heterocycles. The molecule has 0 radical (unpaired) electrons. The first-order valence-electron chi connectivity index (χ1n) is 9.89. The van der Waals surface area contributed by atoms with Gasteiger partial charge in [0.1, 0.15) is 5.82 Å². The van der Waals surface area contributed by atoms with Crippen molar-refractivity contribution in [1.29, 1.82) is 0 Å². The lowest BCUT2D eigenvalue weighted by Crippen LogP contribution is -2.39. The Kier molecular flexibility index (Phi) is 6.56. The van der Waals surface area contributed by atoms with Crippen LogP contribution in [0, 0.1) is 37.2 Å². The highest BCUT2D eigenvalue weighted by molar-refractivity contribution is 6.34. The number of aryl methyl sites for hydroxylation is 2. The lowest BCUT2D eigenvalue weighted by Gasteiger charge is -2.29. The summed E-state index contributed by atoms with van der Waals surface area (Å²) in [5.41, 5.74) is 1.10. The monoisotopic (exact) mass is 427 g/mol. The zero-order valence-corrected chi connectivity index (χ0v) is 17.5. The summed E-state index contributed by atoms with van der Waals surface area (Å²) in [7, 11) is 0. The molecule has 1 fully saturated rings. The Morgan fingerprint density at radius 2 is 1.83 bits per heavy atom. The maximum absolute atomic E-state index is 14.3. The smallest absolute Gasteiger partial charge is 0.256 e. The fourth-order valence-corrected chi connectivity index (χ4v) is 4.22. The van der Waals surface area contributed by atoms with Gasteiger partial charge in [0.15, 0.2) is 11.6 Å². The third kappa shape index (κ3) is 4.44. The molecule has 0 spiro atoms. The van der Waals surface area contributed by atoms with E-state index in [0.717, 1.165) is 51.3 Å². The average molecular weight is 428 g/mol. The van der Waals surface area contributed by atoms with E-state index in [1.165, 1.54) is 5.56 Å². The van der Waals surface area contributed by atoms with Gasteiger partial charge in [-0.2, -0.15) is 5.10 Å². The highest BCUT2D eigenvalue weighted by Crippen LogP contribution is 2.30. The van der Waals surface area contributed by atoms with Gasteiger partial charge in [0.2, 0.25) is 0 Å². The summed E-state index contributed by atoms with van der Waals surface area (Å²) in [5, 5.41) is 6.50. The molecule has 4 nitrogen and oxygen atoms in total. The number of hydrogen-bond acceptors (Lipinski definition) is 2. The summed E-state index contributed by atoms with van der Waals surface area (Å²) >= 11 is 5.70. The second-order valence-electron chi connectivity index (χ2n) is 7.78. The molecule has 1 aliphatic rings. The van der Waals surface area contributed by atoms with Gasteiger partial charge in [-0.1, -0.05) is 18.5 Å². The molecule has 1 heterocycles. The predicted molar refractivity (Wildman–Crippen MR) is 106 cm³/mol. The molecule has 1 saturated carbocycles. The molecule has 29 heavy (non-hydrogen) atoms. The van der Waals surface area contributed by atoms with Crippen LogP contribution in [0.1, 0.15) is 59.8 Å². The van der Waals surface area contributed by atoms with Crippen molar-refractivity contribution in [1.82, 2.24) is 15.1 Å². The van der Waals surface area contributed by atoms with Gasteiger partial charge in [-0.15, -0.1) is 0 Å². The van der Waals surface area contributed by atoms with Crippen molar-refractivity contribution in [3.8, 4) is 0 Å². The summed E-state index contributed by atoms with van der Waals surface area (Å²) in [5.74, 6) is -4.27. The predicted octanol–water partition coefficient (Wildman–Crippen LogP) is 5.12. The number of rotatable bonds is 5. The first kappa shape index (κ1) is 21.7. The molecule has 8 heteroatoms. The van der Waals surface area contributed by atoms with Gasteiger partial charge in [0.05, 0.1) is 16.3 Å². The summed E-state index contributed by atoms with van der Waals surface area (Å²) in [4.78, 5) is 12.5. The fourth-order valence-electron chi connectivity index (χ4n) is 3.97. The number of nitrogens with zero attached hydrogens (tertiary/aromatic N) is 2. The molecule has 0 aliphatic heterocycles. The molecule has 2 aromatic rings. The minimum Gasteiger partial charge on any atom is -0.349 e. The fraction of sp³-hybridized carbons (Fsp3) is 0.524. The normalized spacial score (nSPS) is 19.4. The van der Waals surface area contributed by atoms with Crippen LogP contribution in [0.4, 0.5) is 13.2 Å². The highest BCUT2D eigenvalue weighted by atomic mass is 35.5. The highest BCUT2D eigenvalue weighted by Gasteiger charge is 2.29. The van der Waals surface area contributed by atoms with E-state index in [4.69, 9.17) is 11.6 Å². The lowest BCUT2D eigenvalue weighted by molar-refractivity contribution is 0.0915. The van der Waals surface area contributed by atoms with E-state index in [9.17, 15) is 18.0 Å². The first-order valence-corrected chi connectivity index (χ1v) is 10.3. The number of halogens is 4. The van der Waals surface area contributed by atoms with Gasteiger partial charge >= 0.3 is 0 Å². The number of amides is 1. The summed E-state index contributed by atoms with van der Waals surface area (Å²) in [6, 6.07) is -0.159. The standard InChI is InChI=1S/C21H25ClF3N3O/c1-4-15-11(2)9-28(27-15)10-13-5-7-14(8-6-13)26-21(29)16-17(22)20(25)19(24)12(3)18(16)23/h9,13-14H,4-8,10H2,1-3H3,(H,26,29). The molecule has 1 N–H and O–H groups in total. The number of benzene rings is 1. The Bertz CT molecular complexity index is 891. The van der Waals surface area contributed by atoms with Gasteiger partial charge in [0.25, 0.3) is 5.91 Å². The molecule has 1 amide bonds. The molecule has 0 saturated heterocycles. The molecule has 3 rings (SSSR count). The topological polar surface area (TPSA) is 46.9 Å². The Hall–Kier alpha value is -2.02. The van der Waals surface area contributed by atoms with E-state index in [-0.39, 0.29) is 6.04 Å². The molecule has 158 valence electrons. The number of nitrogens with one attached hydrogen (secondary N) is 1. The van der Waals surface area contributed by atoms with E-state index in [1.807, 2.05) is 4.68 Å². The van der Waals surface area contributed by atoms with Crippen LogP contribution >= 0.6 is 11.6 Å². The Balaban J connectivity index is 1.60. The third-order valence-corrected chi connectivity index (χ3v) is 6.07. The summed E-state index contributed by atoms with van der Waals surface area (Å²) < 4.78 is 43.7. The summed E-state index contributed by atoms with van der Waals surface area (Å²) in [6.07, 6.45) is 6.18. The van der Waals surface area contributed by atoms with Crippen LogP contribution in [0.25, 0.3) is 0 Å². The first-order chi connectivity index (χ1) is 13.7. The van der Waals surface area contributed by atoms with Crippen LogP contribution in [-0.2, 0) is 13.0 Å². The zero-order valence-electron chi connectivity index (χ0n) is 16.8. The van der Waals surface area contributed by atoms with Crippen molar-refractivity contribution in [2.24, 2.45) is 5.92 Å². The van der Waals surface area contributed by atoms with E-state index in [2.05, 4.69) is 30.5 Å². The molecule has 0 bridgehead atoms. The van der Waals surface area contributed by atoms with Crippen molar-refractivity contribution < 1.29 is 18.0 Å². The Morgan fingerprint density at radius 1 is 1.17 bits per heavy atom. The Morgan fingerprint density at radius 3 is 2.41 bits per heavy atom. The maximum Gasteiger partial charge on any atom is 0.256 e. The molecular formula is C21H25ClF3N3O. The Labute approximate surface area is 173 Å². The van der Waals surface area contributed by atoms with Crippen LogP contribution in [0.15, 0.2) is 6.20 Å². The van der Waals surface area contributed by atoms with Crippen molar-refractivity contribution >= 4 is 17.5 Å². The van der Waals surface area contributed by atoms with Gasteiger partial charge in [0, 0.05) is 24.3 Å². The number of hydrogen-bond donors (Lipinski definition) is 1. The maximum atomic E-state index is 14.3. The van der Waals surface area contributed by atoms with Gasteiger partial charge in [-0.05, 0) is 57.4 Å². The van der Waals surface area contributed by atoms with Gasteiger partial charge in [-0.25, -0.2) is 13.2 Å². The van der Waals surface area contributed by atoms with Crippen LogP contribution < -0.4 is 5.32 Å². The number of aromatic nitrogens is 2. The van der Waals surface area contributed by atoms with Gasteiger partial charge in [-0.3, -0.25) is 9.48 Å². The minimum atomic E-state index is -1.40. The summed E-state index contributed by atoms with van der Waals surface area (Å²) in [6.45, 7) is 6.04. The van der Waals surface area contributed by atoms with Crippen molar-refractivity contribution in [3.05, 3.63) is 51.1 Å². The lowest BCUT2D eigenvalue weighted by atomic mass is 9.86. The van der Waals surface area contributed by atoms with Gasteiger partial charge < -0.3 is 5.32 Å². The second-order valence-corrected chi connectivity index (χ2v) is 8.16. The minimum absolute atomic E-state index is 0.159. The van der Waals surface area contributed by atoms with E-state index < -0.39 is 39.5 Å². The van der Waals surface area contributed by atoms with Crippen LogP contribution in [0.2, 0.25) is 5.02 Å². The molecule has 0 atom stereocenters. The SMILES string of the molecule is CCc1nn(CC2CCC(NC(=O)c3c(F)c(C)c(F)c(F)c3Cl)CC2)cc1C. The number of carbonyl (C=O) groups excluding carboxylic acids is 1. The molecule has 1 aliphatic carbocycles. The largest absolute Gasteiger partial charge is 0.349 e. The zero-order chi connectivity index (χ0) is 21.3. The van der Waals surface area contributed by atoms with Crippen molar-refractivity contribution in [2.45, 2.75) is 65.5 Å². The van der Waals surface area contributed by atoms with E-state index in [1.54, 1.807) is 0 Å². The van der Waals surface area contributed by atoms with Crippen LogP contribution in [0.3, 0.4) is 0 Å². The molecular weight excluding hydrogens is 403 g/mol. The van der Waals surface area contributed by atoms with Crippen LogP contribution in [-0.4, -0.2) is 21.7 Å². The average Bonchev–Trinajstić information content (AvgIpc) is 3.05. The van der Waals surface area contributed by atoms with Crippen molar-refractivity contribution in [2.75, 3.05) is 0 Å². The quantitative estimate of drug-likeness (QED) is 0.531. The van der Waals surface area contributed by atoms with Crippen molar-refractivity contribution in [3.63, 3.8) is 0 Å². The third-order valence-electron chi connectivity index (χ3n) is 5.72. The van der Waals surface area contributed by atoms with Crippen LogP contribution in [0.5, 0.6) is 0 Å². The van der Waals surface area contributed by atoms with E-state index >= 15 is 0 Å². The number of carbonyl (C=O) groups is 1. The second kappa shape index (κ2) is 8.78. The molecule has 1 aromatic carbocycles. The molecule has 0 unspecified atom stereocenters. The van der Waals surface area contributed by atoms with E-state index in [0.29, 0.717) is 5.92 Å².